The van der Waals surface area contributed by atoms with Crippen molar-refractivity contribution >= 4 is 44.1 Å². The molecular formula is C21H22F3N3O6S2. The summed E-state index contributed by atoms with van der Waals surface area (Å²) in [6.07, 6.45) is -1.84. The second kappa shape index (κ2) is 10.7. The van der Waals surface area contributed by atoms with E-state index in [1.807, 2.05) is 4.72 Å². The maximum absolute atomic E-state index is 12.8. The zero-order valence-corrected chi connectivity index (χ0v) is 19.9. The van der Waals surface area contributed by atoms with Crippen LogP contribution >= 0.6 is 11.3 Å². The first-order valence-electron chi connectivity index (χ1n) is 10.4. The van der Waals surface area contributed by atoms with Gasteiger partial charge in [-0.15, -0.1) is 11.3 Å². The molecule has 0 unspecified atom stereocenters. The van der Waals surface area contributed by atoms with Crippen LogP contribution < -0.4 is 15.8 Å². The van der Waals surface area contributed by atoms with Crippen molar-refractivity contribution in [2.24, 2.45) is 5.73 Å². The Morgan fingerprint density at radius 2 is 1.86 bits per heavy atom. The third-order valence-corrected chi connectivity index (χ3v) is 7.79. The van der Waals surface area contributed by atoms with E-state index in [1.165, 1.54) is 11.3 Å². The molecule has 1 aliphatic carbocycles. The molecule has 2 amide bonds. The number of esters is 1. The molecule has 1 aromatic carbocycles. The standard InChI is InChI=1S/C21H22F3N3O6S2/c22-21(23,24)12-4-3-5-13(10-12)35(31,32)26-9-8-17(29)33-11-16(28)27-20-18(19(25)30)14-6-1-2-7-15(14)34-20/h3-5,10,26H,1-2,6-9,11H2,(H2,25,30)(H,27,28). The van der Waals surface area contributed by atoms with E-state index in [2.05, 4.69) is 5.32 Å². The summed E-state index contributed by atoms with van der Waals surface area (Å²) in [7, 11) is -4.30. The lowest BCUT2D eigenvalue weighted by Gasteiger charge is -2.11. The number of nitrogens with one attached hydrogen (secondary N) is 2. The Balaban J connectivity index is 1.49. The summed E-state index contributed by atoms with van der Waals surface area (Å²) in [6, 6.07) is 3.16. The Kier molecular flexibility index (Phi) is 8.18. The van der Waals surface area contributed by atoms with Crippen molar-refractivity contribution in [3.05, 3.63) is 45.8 Å². The highest BCUT2D eigenvalue weighted by molar-refractivity contribution is 7.89. The number of sulfonamides is 1. The van der Waals surface area contributed by atoms with Crippen LogP contribution in [0.25, 0.3) is 0 Å². The molecule has 0 saturated heterocycles. The molecule has 1 aromatic heterocycles. The number of carbonyl (C=O) groups excluding carboxylic acids is 3. The summed E-state index contributed by atoms with van der Waals surface area (Å²) in [5.41, 5.74) is 5.42. The number of thiophene rings is 1. The summed E-state index contributed by atoms with van der Waals surface area (Å²) >= 11 is 1.25. The quantitative estimate of drug-likeness (QED) is 0.423. The average Bonchev–Trinajstić information content (AvgIpc) is 3.15. The monoisotopic (exact) mass is 533 g/mol. The topological polar surface area (TPSA) is 145 Å². The first-order valence-corrected chi connectivity index (χ1v) is 12.7. The molecule has 0 radical (unpaired) electrons. The van der Waals surface area contributed by atoms with Gasteiger partial charge in [0.05, 0.1) is 22.4 Å². The number of amides is 2. The molecule has 190 valence electrons. The molecule has 3 rings (SSSR count). The van der Waals surface area contributed by atoms with Crippen LogP contribution in [0.2, 0.25) is 0 Å². The highest BCUT2D eigenvalue weighted by Gasteiger charge is 2.31. The number of benzene rings is 1. The molecular weight excluding hydrogens is 511 g/mol. The van der Waals surface area contributed by atoms with E-state index < -0.39 is 64.0 Å². The second-order valence-electron chi connectivity index (χ2n) is 7.66. The van der Waals surface area contributed by atoms with Gasteiger partial charge in [0.15, 0.2) is 6.61 Å². The normalized spacial score (nSPS) is 13.7. The smallest absolute Gasteiger partial charge is 0.416 e. The van der Waals surface area contributed by atoms with Gasteiger partial charge in [-0.3, -0.25) is 14.4 Å². The van der Waals surface area contributed by atoms with Crippen LogP contribution in [0.5, 0.6) is 0 Å². The van der Waals surface area contributed by atoms with Crippen molar-refractivity contribution in [3.8, 4) is 0 Å². The number of fused-ring (bicyclic) bond motifs is 1. The molecule has 35 heavy (non-hydrogen) atoms. The van der Waals surface area contributed by atoms with Crippen molar-refractivity contribution in [2.75, 3.05) is 18.5 Å². The van der Waals surface area contributed by atoms with Gasteiger partial charge in [0.1, 0.15) is 5.00 Å². The van der Waals surface area contributed by atoms with Gasteiger partial charge in [0.25, 0.3) is 11.8 Å². The van der Waals surface area contributed by atoms with E-state index in [0.29, 0.717) is 17.5 Å². The van der Waals surface area contributed by atoms with Crippen LogP contribution in [0.3, 0.4) is 0 Å². The van der Waals surface area contributed by atoms with E-state index in [-0.39, 0.29) is 5.56 Å². The fraction of sp³-hybridized carbons (Fsp3) is 0.381. The molecule has 2 aromatic rings. The van der Waals surface area contributed by atoms with Gasteiger partial charge in [-0.2, -0.15) is 13.2 Å². The Bertz CT molecular complexity index is 1240. The lowest BCUT2D eigenvalue weighted by Crippen LogP contribution is -2.28. The van der Waals surface area contributed by atoms with Gasteiger partial charge in [0, 0.05) is 11.4 Å². The maximum atomic E-state index is 12.8. The highest BCUT2D eigenvalue weighted by Crippen LogP contribution is 2.37. The van der Waals surface area contributed by atoms with Crippen molar-refractivity contribution in [2.45, 2.75) is 43.2 Å². The molecule has 1 aliphatic rings. The van der Waals surface area contributed by atoms with E-state index in [1.54, 1.807) is 0 Å². The third kappa shape index (κ3) is 6.80. The summed E-state index contributed by atoms with van der Waals surface area (Å²) in [5, 5.41) is 2.81. The molecule has 0 saturated carbocycles. The van der Waals surface area contributed by atoms with Crippen molar-refractivity contribution in [1.82, 2.24) is 4.72 Å². The molecule has 0 bridgehead atoms. The summed E-state index contributed by atoms with van der Waals surface area (Å²) in [4.78, 5) is 36.3. The van der Waals surface area contributed by atoms with E-state index in [4.69, 9.17) is 10.5 Å². The molecule has 4 N–H and O–H groups in total. The second-order valence-corrected chi connectivity index (χ2v) is 10.5. The van der Waals surface area contributed by atoms with Gasteiger partial charge in [-0.25, -0.2) is 13.1 Å². The number of hydrogen-bond acceptors (Lipinski definition) is 7. The van der Waals surface area contributed by atoms with Crippen molar-refractivity contribution in [3.63, 3.8) is 0 Å². The van der Waals surface area contributed by atoms with Gasteiger partial charge in [-0.1, -0.05) is 6.07 Å². The Labute approximate surface area is 202 Å². The first-order chi connectivity index (χ1) is 16.4. The predicted octanol–water partition coefficient (Wildman–Crippen LogP) is 2.59. The van der Waals surface area contributed by atoms with Crippen LogP contribution in [0.1, 0.15) is 45.6 Å². The minimum atomic E-state index is -4.71. The van der Waals surface area contributed by atoms with Crippen molar-refractivity contribution in [1.29, 1.82) is 0 Å². The highest BCUT2D eigenvalue weighted by atomic mass is 32.2. The number of anilines is 1. The number of nitrogens with two attached hydrogens (primary N) is 1. The summed E-state index contributed by atoms with van der Waals surface area (Å²) in [5.74, 6) is -2.28. The number of hydrogen-bond donors (Lipinski definition) is 3. The number of halogens is 3. The fourth-order valence-electron chi connectivity index (χ4n) is 3.51. The molecule has 0 spiro atoms. The SMILES string of the molecule is NC(=O)c1c(NC(=O)COC(=O)CCNS(=O)(=O)c2cccc(C(F)(F)F)c2)sc2c1CCCC2. The number of primary amides is 1. The summed E-state index contributed by atoms with van der Waals surface area (Å²) < 4.78 is 69.6. The van der Waals surface area contributed by atoms with Crippen LogP contribution in [0.4, 0.5) is 18.2 Å². The number of rotatable bonds is 9. The number of alkyl halides is 3. The van der Waals surface area contributed by atoms with Gasteiger partial charge in [0.2, 0.25) is 10.0 Å². The van der Waals surface area contributed by atoms with Gasteiger partial charge < -0.3 is 15.8 Å². The predicted molar refractivity (Wildman–Crippen MR) is 120 cm³/mol. The molecule has 0 aliphatic heterocycles. The molecule has 1 heterocycles. The van der Waals surface area contributed by atoms with Crippen LogP contribution in [-0.4, -0.2) is 39.4 Å². The molecule has 14 heteroatoms. The van der Waals surface area contributed by atoms with Crippen molar-refractivity contribution < 1.29 is 40.7 Å². The fourth-order valence-corrected chi connectivity index (χ4v) is 5.89. The first kappa shape index (κ1) is 26.6. The average molecular weight is 534 g/mol. The minimum Gasteiger partial charge on any atom is -0.456 e. The van der Waals surface area contributed by atoms with Gasteiger partial charge in [-0.05, 0) is 49.4 Å². The zero-order valence-electron chi connectivity index (χ0n) is 18.2. The van der Waals surface area contributed by atoms with Gasteiger partial charge >= 0.3 is 12.1 Å². The lowest BCUT2D eigenvalue weighted by molar-refractivity contribution is -0.147. The number of aryl methyl sites for hydroxylation is 1. The Hall–Kier alpha value is -2.97. The largest absolute Gasteiger partial charge is 0.456 e. The Morgan fingerprint density at radius 3 is 2.54 bits per heavy atom. The van der Waals surface area contributed by atoms with Crippen LogP contribution in [0, 0.1) is 0 Å². The van der Waals surface area contributed by atoms with E-state index in [0.717, 1.165) is 47.9 Å². The van der Waals surface area contributed by atoms with Crippen LogP contribution in [-0.2, 0) is 43.4 Å². The minimum absolute atomic E-state index is 0.258. The Morgan fingerprint density at radius 1 is 1.14 bits per heavy atom. The zero-order chi connectivity index (χ0) is 25.8. The summed E-state index contributed by atoms with van der Waals surface area (Å²) in [6.45, 7) is -1.14. The van der Waals surface area contributed by atoms with E-state index in [9.17, 15) is 36.0 Å². The molecule has 9 nitrogen and oxygen atoms in total. The lowest BCUT2D eigenvalue weighted by atomic mass is 9.95. The van der Waals surface area contributed by atoms with E-state index >= 15 is 0 Å². The third-order valence-electron chi connectivity index (χ3n) is 5.13. The number of ether oxygens (including phenoxy) is 1. The molecule has 0 atom stereocenters. The maximum Gasteiger partial charge on any atom is 0.416 e. The molecule has 0 fully saturated rings. The number of carbonyl (C=O) groups is 3. The van der Waals surface area contributed by atoms with Crippen LogP contribution in [0.15, 0.2) is 29.2 Å².